The molecule has 84 valence electrons. The fourth-order valence-corrected chi connectivity index (χ4v) is 2.35. The van der Waals surface area contributed by atoms with E-state index in [1.54, 1.807) is 0 Å². The Balaban J connectivity index is 2.18. The molecule has 0 fully saturated rings. The molecular weight excluding hydrogens is 188 g/mol. The van der Waals surface area contributed by atoms with Crippen LogP contribution in [-0.2, 0) is 19.4 Å². The number of aryl methyl sites for hydroxylation is 2. The number of aliphatic hydroxyl groups excluding tert-OH is 1. The monoisotopic (exact) mass is 208 g/mol. The van der Waals surface area contributed by atoms with Gasteiger partial charge in [-0.3, -0.25) is 0 Å². The van der Waals surface area contributed by atoms with Gasteiger partial charge >= 0.3 is 0 Å². The lowest BCUT2D eigenvalue weighted by Gasteiger charge is -2.15. The zero-order valence-electron chi connectivity index (χ0n) is 9.66. The van der Waals surface area contributed by atoms with Crippen LogP contribution in [-0.4, -0.2) is 20.8 Å². The van der Waals surface area contributed by atoms with E-state index in [1.165, 1.54) is 24.2 Å². The van der Waals surface area contributed by atoms with Gasteiger partial charge in [0.15, 0.2) is 0 Å². The van der Waals surface area contributed by atoms with Crippen molar-refractivity contribution in [2.75, 3.05) is 0 Å². The van der Waals surface area contributed by atoms with Crippen molar-refractivity contribution < 1.29 is 5.11 Å². The van der Waals surface area contributed by atoms with Crippen LogP contribution in [0.1, 0.15) is 43.4 Å². The summed E-state index contributed by atoms with van der Waals surface area (Å²) in [6.45, 7) is 4.82. The van der Waals surface area contributed by atoms with Crippen molar-refractivity contribution in [1.29, 1.82) is 0 Å². The van der Waals surface area contributed by atoms with Crippen LogP contribution in [0.25, 0.3) is 0 Å². The minimum Gasteiger partial charge on any atom is -0.393 e. The molecule has 0 aliphatic heterocycles. The van der Waals surface area contributed by atoms with E-state index in [2.05, 4.69) is 16.5 Å². The summed E-state index contributed by atoms with van der Waals surface area (Å²) in [5.41, 5.74) is 2.71. The van der Waals surface area contributed by atoms with Gasteiger partial charge in [0.05, 0.1) is 11.8 Å². The molecule has 0 saturated heterocycles. The van der Waals surface area contributed by atoms with Gasteiger partial charge in [-0.05, 0) is 46.0 Å². The van der Waals surface area contributed by atoms with E-state index < -0.39 is 0 Å². The molecule has 0 spiro atoms. The second-order valence-electron chi connectivity index (χ2n) is 4.55. The molecule has 0 amide bonds. The van der Waals surface area contributed by atoms with E-state index in [9.17, 15) is 5.11 Å². The molecule has 1 unspecified atom stereocenters. The fourth-order valence-electron chi connectivity index (χ4n) is 2.35. The first-order valence-electron chi connectivity index (χ1n) is 5.91. The number of rotatable bonds is 3. The average molecular weight is 208 g/mol. The molecular formula is C12H20N2O. The second kappa shape index (κ2) is 4.35. The lowest BCUT2D eigenvalue weighted by molar-refractivity contribution is 0.177. The standard InChI is InChI=1S/C12H20N2O/c1-9(15)7-8-14-10(2)13-11-5-3-4-6-12(11)14/h9,15H,3-8H2,1-2H3. The van der Waals surface area contributed by atoms with Crippen molar-refractivity contribution in [2.45, 2.75) is 58.6 Å². The molecule has 0 bridgehead atoms. The van der Waals surface area contributed by atoms with E-state index in [-0.39, 0.29) is 6.10 Å². The number of fused-ring (bicyclic) bond motifs is 1. The molecule has 1 heterocycles. The minimum absolute atomic E-state index is 0.217. The van der Waals surface area contributed by atoms with E-state index in [4.69, 9.17) is 0 Å². The summed E-state index contributed by atoms with van der Waals surface area (Å²) < 4.78 is 2.29. The molecule has 0 radical (unpaired) electrons. The average Bonchev–Trinajstić information content (AvgIpc) is 2.50. The Bertz CT molecular complexity index is 342. The summed E-state index contributed by atoms with van der Waals surface area (Å²) in [5.74, 6) is 1.11. The summed E-state index contributed by atoms with van der Waals surface area (Å²) >= 11 is 0. The molecule has 1 aliphatic rings. The van der Waals surface area contributed by atoms with Crippen LogP contribution >= 0.6 is 0 Å². The van der Waals surface area contributed by atoms with Crippen molar-refractivity contribution in [3.8, 4) is 0 Å². The maximum absolute atomic E-state index is 9.31. The number of aromatic nitrogens is 2. The number of hydrogen-bond acceptors (Lipinski definition) is 2. The molecule has 2 rings (SSSR count). The van der Waals surface area contributed by atoms with Crippen molar-refractivity contribution in [1.82, 2.24) is 9.55 Å². The normalized spacial score (nSPS) is 17.5. The Morgan fingerprint density at radius 3 is 2.87 bits per heavy atom. The third-order valence-electron chi connectivity index (χ3n) is 3.19. The number of nitrogens with zero attached hydrogens (tertiary/aromatic N) is 2. The van der Waals surface area contributed by atoms with Gasteiger partial charge in [0, 0.05) is 12.2 Å². The van der Waals surface area contributed by atoms with Crippen molar-refractivity contribution in [2.24, 2.45) is 0 Å². The quantitative estimate of drug-likeness (QED) is 0.823. The highest BCUT2D eigenvalue weighted by molar-refractivity contribution is 5.19. The summed E-state index contributed by atoms with van der Waals surface area (Å²) in [6, 6.07) is 0. The van der Waals surface area contributed by atoms with Gasteiger partial charge in [0.2, 0.25) is 0 Å². The van der Waals surface area contributed by atoms with Gasteiger partial charge in [0.1, 0.15) is 5.82 Å². The molecule has 3 nitrogen and oxygen atoms in total. The molecule has 0 saturated carbocycles. The Labute approximate surface area is 91.1 Å². The summed E-state index contributed by atoms with van der Waals surface area (Å²) in [4.78, 5) is 4.61. The zero-order valence-corrected chi connectivity index (χ0v) is 9.66. The van der Waals surface area contributed by atoms with Gasteiger partial charge in [-0.2, -0.15) is 0 Å². The van der Waals surface area contributed by atoms with E-state index in [1.807, 2.05) is 6.92 Å². The van der Waals surface area contributed by atoms with Gasteiger partial charge < -0.3 is 9.67 Å². The Morgan fingerprint density at radius 1 is 1.40 bits per heavy atom. The first-order chi connectivity index (χ1) is 7.18. The fraction of sp³-hybridized carbons (Fsp3) is 0.750. The maximum Gasteiger partial charge on any atom is 0.106 e. The highest BCUT2D eigenvalue weighted by atomic mass is 16.3. The van der Waals surface area contributed by atoms with Crippen molar-refractivity contribution in [3.63, 3.8) is 0 Å². The lowest BCUT2D eigenvalue weighted by atomic mass is 10.0. The molecule has 1 atom stereocenters. The highest BCUT2D eigenvalue weighted by Crippen LogP contribution is 2.22. The number of aliphatic hydroxyl groups is 1. The Morgan fingerprint density at radius 2 is 2.13 bits per heavy atom. The van der Waals surface area contributed by atoms with E-state index in [0.29, 0.717) is 0 Å². The van der Waals surface area contributed by atoms with Crippen LogP contribution in [0.2, 0.25) is 0 Å². The minimum atomic E-state index is -0.217. The van der Waals surface area contributed by atoms with Gasteiger partial charge in [-0.25, -0.2) is 4.98 Å². The predicted octanol–water partition coefficient (Wildman–Crippen LogP) is 1.84. The summed E-state index contributed by atoms with van der Waals surface area (Å²) in [7, 11) is 0. The molecule has 3 heteroatoms. The highest BCUT2D eigenvalue weighted by Gasteiger charge is 2.17. The second-order valence-corrected chi connectivity index (χ2v) is 4.55. The van der Waals surface area contributed by atoms with Crippen LogP contribution in [0.5, 0.6) is 0 Å². The SMILES string of the molecule is Cc1nc2c(n1CCC(C)O)CCCC2. The smallest absolute Gasteiger partial charge is 0.106 e. The summed E-state index contributed by atoms with van der Waals surface area (Å²) in [5, 5.41) is 9.31. The van der Waals surface area contributed by atoms with Crippen LogP contribution < -0.4 is 0 Å². The van der Waals surface area contributed by atoms with Crippen LogP contribution in [0.15, 0.2) is 0 Å². The predicted molar refractivity (Wildman–Crippen MR) is 59.9 cm³/mol. The molecule has 1 N–H and O–H groups in total. The van der Waals surface area contributed by atoms with Crippen LogP contribution in [0.3, 0.4) is 0 Å². The molecule has 15 heavy (non-hydrogen) atoms. The van der Waals surface area contributed by atoms with Gasteiger partial charge in [-0.1, -0.05) is 0 Å². The van der Waals surface area contributed by atoms with E-state index in [0.717, 1.165) is 31.6 Å². The van der Waals surface area contributed by atoms with E-state index >= 15 is 0 Å². The van der Waals surface area contributed by atoms with Crippen molar-refractivity contribution in [3.05, 3.63) is 17.2 Å². The lowest BCUT2D eigenvalue weighted by Crippen LogP contribution is -2.13. The van der Waals surface area contributed by atoms with Crippen LogP contribution in [0, 0.1) is 6.92 Å². The Kier molecular flexibility index (Phi) is 3.10. The molecule has 1 aromatic heterocycles. The van der Waals surface area contributed by atoms with Gasteiger partial charge in [-0.15, -0.1) is 0 Å². The molecule has 1 aromatic rings. The number of imidazole rings is 1. The molecule has 0 aromatic carbocycles. The first kappa shape index (κ1) is 10.7. The summed E-state index contributed by atoms with van der Waals surface area (Å²) in [6.07, 6.45) is 5.47. The third-order valence-corrected chi connectivity index (χ3v) is 3.19. The largest absolute Gasteiger partial charge is 0.393 e. The third kappa shape index (κ3) is 2.23. The maximum atomic E-state index is 9.31. The molecule has 1 aliphatic carbocycles. The first-order valence-corrected chi connectivity index (χ1v) is 5.91. The Hall–Kier alpha value is -0.830. The van der Waals surface area contributed by atoms with Gasteiger partial charge in [0.25, 0.3) is 0 Å². The zero-order chi connectivity index (χ0) is 10.8. The van der Waals surface area contributed by atoms with Crippen molar-refractivity contribution >= 4 is 0 Å². The number of hydrogen-bond donors (Lipinski definition) is 1. The topological polar surface area (TPSA) is 38.0 Å². The van der Waals surface area contributed by atoms with Crippen LogP contribution in [0.4, 0.5) is 0 Å².